The molecule has 0 fully saturated rings. The van der Waals surface area contributed by atoms with E-state index in [4.69, 9.17) is 8.83 Å². The summed E-state index contributed by atoms with van der Waals surface area (Å²) in [4.78, 5) is 0. The Morgan fingerprint density at radius 3 is 1.57 bits per heavy atom. The van der Waals surface area contributed by atoms with Crippen LogP contribution >= 0.6 is 11.3 Å². The van der Waals surface area contributed by atoms with Crippen molar-refractivity contribution in [2.45, 2.75) is 0 Å². The van der Waals surface area contributed by atoms with Crippen LogP contribution in [-0.4, -0.2) is 0 Å². The highest BCUT2D eigenvalue weighted by atomic mass is 32.1. The van der Waals surface area contributed by atoms with Crippen molar-refractivity contribution >= 4 is 97.6 Å². The Morgan fingerprint density at radius 2 is 0.887 bits per heavy atom. The minimum Gasteiger partial charge on any atom is -0.456 e. The Labute approximate surface area is 307 Å². The van der Waals surface area contributed by atoms with E-state index in [9.17, 15) is 0 Å². The Hall–Kier alpha value is -6.68. The largest absolute Gasteiger partial charge is 0.456 e. The third-order valence-electron chi connectivity index (χ3n) is 11.1. The maximum Gasteiger partial charge on any atom is 0.147 e. The van der Waals surface area contributed by atoms with Gasteiger partial charge in [-0.05, 0) is 119 Å². The standard InChI is InChI=1S/C50H28O2S/c1-3-11-37-35(9-1)46(36-10-2-4-12-38(36)47(37)33-22-19-30-23-24-53-45(30)27-33)32-21-18-29-17-20-31(25-34(29)26-32)41-28-44-49(40-14-6-7-15-42(40)51-44)50-48(41)39-13-5-8-16-43(39)52-50/h1-28H. The summed E-state index contributed by atoms with van der Waals surface area (Å²) in [5.41, 5.74) is 10.7. The fourth-order valence-electron chi connectivity index (χ4n) is 8.75. The van der Waals surface area contributed by atoms with Gasteiger partial charge < -0.3 is 8.83 Å². The van der Waals surface area contributed by atoms with Crippen LogP contribution in [0.1, 0.15) is 0 Å². The number of fused-ring (bicyclic) bond motifs is 11. The SMILES string of the molecule is c1ccc2c(c1)oc1c2c(-c2ccc3ccc(-c4c5ccccc5c(-c5ccc6ccsc6c5)c5ccccc45)cc3c2)cc2oc3ccccc3c21. The van der Waals surface area contributed by atoms with Crippen molar-refractivity contribution in [2.75, 3.05) is 0 Å². The molecule has 246 valence electrons. The average Bonchev–Trinajstić information content (AvgIpc) is 3.94. The monoisotopic (exact) mass is 692 g/mol. The van der Waals surface area contributed by atoms with Crippen molar-refractivity contribution in [2.24, 2.45) is 0 Å². The molecule has 2 nitrogen and oxygen atoms in total. The smallest absolute Gasteiger partial charge is 0.147 e. The zero-order valence-corrected chi connectivity index (χ0v) is 29.2. The fourth-order valence-corrected chi connectivity index (χ4v) is 9.58. The van der Waals surface area contributed by atoms with Gasteiger partial charge in [-0.1, -0.05) is 121 Å². The highest BCUT2D eigenvalue weighted by Crippen LogP contribution is 2.47. The molecule has 0 radical (unpaired) electrons. The predicted molar refractivity (Wildman–Crippen MR) is 225 cm³/mol. The van der Waals surface area contributed by atoms with E-state index < -0.39 is 0 Å². The van der Waals surface area contributed by atoms with E-state index in [2.05, 4.69) is 151 Å². The predicted octanol–water partition coefficient (Wildman–Crippen LogP) is 15.2. The lowest BCUT2D eigenvalue weighted by Crippen LogP contribution is -1.91. The molecular formula is C50H28O2S. The molecule has 12 aromatic rings. The van der Waals surface area contributed by atoms with Crippen LogP contribution < -0.4 is 0 Å². The summed E-state index contributed by atoms with van der Waals surface area (Å²) in [5, 5.41) is 15.2. The van der Waals surface area contributed by atoms with E-state index in [1.165, 1.54) is 64.7 Å². The molecule has 0 aliphatic carbocycles. The van der Waals surface area contributed by atoms with Gasteiger partial charge in [0.1, 0.15) is 22.3 Å². The number of rotatable bonds is 3. The molecule has 0 N–H and O–H groups in total. The van der Waals surface area contributed by atoms with Crippen LogP contribution in [0.25, 0.3) is 120 Å². The lowest BCUT2D eigenvalue weighted by molar-refractivity contribution is 0.663. The summed E-state index contributed by atoms with van der Waals surface area (Å²) in [7, 11) is 0. The Balaban J connectivity index is 1.10. The first kappa shape index (κ1) is 29.0. The van der Waals surface area contributed by atoms with Crippen LogP contribution in [0.4, 0.5) is 0 Å². The second-order valence-corrected chi connectivity index (χ2v) is 14.9. The molecule has 0 amide bonds. The highest BCUT2D eigenvalue weighted by molar-refractivity contribution is 7.17. The molecule has 0 spiro atoms. The molecule has 0 saturated carbocycles. The molecule has 12 rings (SSSR count). The zero-order chi connectivity index (χ0) is 34.6. The molecule has 3 aromatic heterocycles. The lowest BCUT2D eigenvalue weighted by Gasteiger charge is -2.18. The third kappa shape index (κ3) is 4.20. The van der Waals surface area contributed by atoms with Gasteiger partial charge in [-0.3, -0.25) is 0 Å². The third-order valence-corrected chi connectivity index (χ3v) is 12.0. The second-order valence-electron chi connectivity index (χ2n) is 14.0. The summed E-state index contributed by atoms with van der Waals surface area (Å²) in [6, 6.07) is 59.4. The molecular weight excluding hydrogens is 665 g/mol. The van der Waals surface area contributed by atoms with E-state index in [1.807, 2.05) is 18.2 Å². The first-order valence-corrected chi connectivity index (χ1v) is 18.9. The molecule has 3 heteroatoms. The normalized spacial score (nSPS) is 12.2. The molecule has 0 unspecified atom stereocenters. The van der Waals surface area contributed by atoms with Crippen molar-refractivity contribution in [3.8, 4) is 33.4 Å². The zero-order valence-electron chi connectivity index (χ0n) is 28.4. The van der Waals surface area contributed by atoms with Gasteiger partial charge in [0.05, 0.1) is 5.39 Å². The van der Waals surface area contributed by atoms with Gasteiger partial charge >= 0.3 is 0 Å². The van der Waals surface area contributed by atoms with Crippen LogP contribution in [0.3, 0.4) is 0 Å². The first-order valence-electron chi connectivity index (χ1n) is 18.0. The molecule has 53 heavy (non-hydrogen) atoms. The number of hydrogen-bond donors (Lipinski definition) is 0. The minimum absolute atomic E-state index is 0.831. The van der Waals surface area contributed by atoms with Crippen LogP contribution in [0.15, 0.2) is 178 Å². The topological polar surface area (TPSA) is 26.3 Å². The van der Waals surface area contributed by atoms with Gasteiger partial charge in [0.25, 0.3) is 0 Å². The molecule has 0 aliphatic rings. The van der Waals surface area contributed by atoms with Crippen LogP contribution in [0.2, 0.25) is 0 Å². The molecule has 3 heterocycles. The Morgan fingerprint density at radius 1 is 0.358 bits per heavy atom. The lowest BCUT2D eigenvalue weighted by atomic mass is 9.85. The maximum absolute atomic E-state index is 6.64. The number of benzene rings is 9. The van der Waals surface area contributed by atoms with Gasteiger partial charge in [-0.2, -0.15) is 0 Å². The van der Waals surface area contributed by atoms with Crippen molar-refractivity contribution in [3.63, 3.8) is 0 Å². The first-order chi connectivity index (χ1) is 26.3. The van der Waals surface area contributed by atoms with Gasteiger partial charge in [0.2, 0.25) is 0 Å². The summed E-state index contributed by atoms with van der Waals surface area (Å²) in [6.07, 6.45) is 0. The van der Waals surface area contributed by atoms with E-state index >= 15 is 0 Å². The maximum atomic E-state index is 6.64. The van der Waals surface area contributed by atoms with Gasteiger partial charge in [-0.15, -0.1) is 11.3 Å². The number of thiophene rings is 1. The van der Waals surface area contributed by atoms with E-state index in [1.54, 1.807) is 11.3 Å². The number of furan rings is 2. The van der Waals surface area contributed by atoms with E-state index in [-0.39, 0.29) is 0 Å². The summed E-state index contributed by atoms with van der Waals surface area (Å²) in [6.45, 7) is 0. The van der Waals surface area contributed by atoms with Gasteiger partial charge in [-0.25, -0.2) is 0 Å². The van der Waals surface area contributed by atoms with Gasteiger partial charge in [0.15, 0.2) is 0 Å². The van der Waals surface area contributed by atoms with Crippen molar-refractivity contribution in [1.82, 2.24) is 0 Å². The van der Waals surface area contributed by atoms with Crippen LogP contribution in [0.5, 0.6) is 0 Å². The van der Waals surface area contributed by atoms with Crippen LogP contribution in [0, 0.1) is 0 Å². The summed E-state index contributed by atoms with van der Waals surface area (Å²) < 4.78 is 14.4. The summed E-state index contributed by atoms with van der Waals surface area (Å²) in [5.74, 6) is 0. The Kier molecular flexibility index (Phi) is 5.96. The van der Waals surface area contributed by atoms with E-state index in [0.29, 0.717) is 0 Å². The minimum atomic E-state index is 0.831. The number of hydrogen-bond acceptors (Lipinski definition) is 3. The van der Waals surface area contributed by atoms with Crippen LogP contribution in [-0.2, 0) is 0 Å². The second kappa shape index (κ2) is 10.9. The molecule has 0 bridgehead atoms. The van der Waals surface area contributed by atoms with Crippen molar-refractivity contribution < 1.29 is 8.83 Å². The quantitative estimate of drug-likeness (QED) is 0.172. The van der Waals surface area contributed by atoms with Crippen molar-refractivity contribution in [3.05, 3.63) is 169 Å². The molecule has 0 saturated heterocycles. The average molecular weight is 693 g/mol. The van der Waals surface area contributed by atoms with Crippen molar-refractivity contribution in [1.29, 1.82) is 0 Å². The van der Waals surface area contributed by atoms with E-state index in [0.717, 1.165) is 55.0 Å². The summed E-state index contributed by atoms with van der Waals surface area (Å²) >= 11 is 1.80. The highest BCUT2D eigenvalue weighted by Gasteiger charge is 2.21. The van der Waals surface area contributed by atoms with Gasteiger partial charge in [0, 0.05) is 20.9 Å². The Bertz CT molecular complexity index is 3410. The molecule has 0 atom stereocenters. The fraction of sp³-hybridized carbons (Fsp3) is 0. The molecule has 0 aliphatic heterocycles. The molecule has 9 aromatic carbocycles. The number of para-hydroxylation sites is 2.